The highest BCUT2D eigenvalue weighted by Crippen LogP contribution is 2.36. The molecule has 4 aromatic rings. The van der Waals surface area contributed by atoms with E-state index in [2.05, 4.69) is 31.5 Å². The Morgan fingerprint density at radius 2 is 1.87 bits per heavy atom. The maximum atomic E-state index is 13.5. The molecule has 0 saturated carbocycles. The highest BCUT2D eigenvalue weighted by Gasteiger charge is 2.28. The lowest BCUT2D eigenvalue weighted by Gasteiger charge is -2.36. The zero-order valence-electron chi connectivity index (χ0n) is 17.2. The van der Waals surface area contributed by atoms with Crippen LogP contribution in [-0.4, -0.2) is 42.7 Å². The number of likely N-dealkylation sites (tertiary alicyclic amines) is 1. The normalized spacial score (nSPS) is 16.5. The van der Waals surface area contributed by atoms with E-state index in [1.54, 1.807) is 30.9 Å². The predicted molar refractivity (Wildman–Crippen MR) is 113 cm³/mol. The Kier molecular flexibility index (Phi) is 5.30. The Balaban J connectivity index is 1.44. The van der Waals surface area contributed by atoms with Gasteiger partial charge < -0.3 is 9.09 Å². The van der Waals surface area contributed by atoms with Crippen LogP contribution in [0.3, 0.4) is 0 Å². The van der Waals surface area contributed by atoms with Crippen LogP contribution in [0.2, 0.25) is 0 Å². The van der Waals surface area contributed by atoms with E-state index in [1.807, 2.05) is 18.5 Å². The third-order valence-corrected chi connectivity index (χ3v) is 6.06. The molecule has 1 aromatic carbocycles. The van der Waals surface area contributed by atoms with Crippen LogP contribution in [-0.2, 0) is 0 Å². The van der Waals surface area contributed by atoms with Crippen LogP contribution in [0, 0.1) is 5.82 Å². The maximum absolute atomic E-state index is 13.5. The minimum atomic E-state index is -0.264. The van der Waals surface area contributed by atoms with Gasteiger partial charge in [-0.3, -0.25) is 4.90 Å². The zero-order chi connectivity index (χ0) is 21.2. The van der Waals surface area contributed by atoms with Crippen molar-refractivity contribution in [3.8, 4) is 22.6 Å². The van der Waals surface area contributed by atoms with Crippen LogP contribution < -0.4 is 0 Å². The van der Waals surface area contributed by atoms with Crippen molar-refractivity contribution >= 4 is 0 Å². The molecule has 0 amide bonds. The summed E-state index contributed by atoms with van der Waals surface area (Å²) in [6.45, 7) is 4.06. The Hall–Kier alpha value is -3.39. The van der Waals surface area contributed by atoms with Crippen molar-refractivity contribution in [3.05, 3.63) is 73.0 Å². The molecule has 0 bridgehead atoms. The second-order valence-corrected chi connectivity index (χ2v) is 7.82. The molecule has 1 saturated heterocycles. The summed E-state index contributed by atoms with van der Waals surface area (Å²) in [5, 5.41) is 4.09. The number of aromatic nitrogens is 5. The first kappa shape index (κ1) is 19.6. The van der Waals surface area contributed by atoms with Gasteiger partial charge >= 0.3 is 0 Å². The third-order valence-electron chi connectivity index (χ3n) is 6.06. The maximum Gasteiger partial charge on any atom is 0.124 e. The second-order valence-electron chi connectivity index (χ2n) is 7.82. The Bertz CT molecular complexity index is 1120. The molecule has 31 heavy (non-hydrogen) atoms. The molecule has 4 heterocycles. The molecule has 158 valence electrons. The monoisotopic (exact) mass is 418 g/mol. The van der Waals surface area contributed by atoms with Gasteiger partial charge in [-0.1, -0.05) is 5.16 Å². The lowest BCUT2D eigenvalue weighted by Crippen LogP contribution is -2.36. The number of hydrogen-bond donors (Lipinski definition) is 0. The SMILES string of the molecule is CC(c1ccon1)N1CCC(n2cnc(-c3ccc(F)cc3)c2-c2ccncn2)CC1. The van der Waals surface area contributed by atoms with E-state index >= 15 is 0 Å². The number of halogens is 1. The van der Waals surface area contributed by atoms with Gasteiger partial charge in [-0.25, -0.2) is 19.3 Å². The molecule has 0 aliphatic carbocycles. The first-order valence-electron chi connectivity index (χ1n) is 10.4. The molecule has 0 spiro atoms. The van der Waals surface area contributed by atoms with Crippen molar-refractivity contribution in [2.45, 2.75) is 31.8 Å². The molecule has 5 rings (SSSR count). The van der Waals surface area contributed by atoms with Crippen molar-refractivity contribution in [1.29, 1.82) is 0 Å². The number of benzene rings is 1. The number of nitrogens with zero attached hydrogens (tertiary/aromatic N) is 6. The summed E-state index contributed by atoms with van der Waals surface area (Å²) in [5.74, 6) is -0.264. The summed E-state index contributed by atoms with van der Waals surface area (Å²) in [5.41, 5.74) is 4.38. The van der Waals surface area contributed by atoms with Crippen molar-refractivity contribution in [2.24, 2.45) is 0 Å². The van der Waals surface area contributed by atoms with Crippen molar-refractivity contribution < 1.29 is 8.91 Å². The van der Waals surface area contributed by atoms with Crippen LogP contribution in [0.4, 0.5) is 4.39 Å². The van der Waals surface area contributed by atoms with Gasteiger partial charge in [0.25, 0.3) is 0 Å². The molecule has 7 nitrogen and oxygen atoms in total. The summed E-state index contributed by atoms with van der Waals surface area (Å²) in [4.78, 5) is 15.7. The minimum Gasteiger partial charge on any atom is -0.364 e. The van der Waals surface area contributed by atoms with Crippen molar-refractivity contribution in [3.63, 3.8) is 0 Å². The second kappa shape index (κ2) is 8.39. The Labute approximate surface area is 179 Å². The summed E-state index contributed by atoms with van der Waals surface area (Å²) < 4.78 is 20.7. The average molecular weight is 418 g/mol. The van der Waals surface area contributed by atoms with Crippen molar-refractivity contribution in [2.75, 3.05) is 13.1 Å². The predicted octanol–water partition coefficient (Wildman–Crippen LogP) is 4.53. The quantitative estimate of drug-likeness (QED) is 0.474. The van der Waals surface area contributed by atoms with Crippen molar-refractivity contribution in [1.82, 2.24) is 29.6 Å². The lowest BCUT2D eigenvalue weighted by molar-refractivity contribution is 0.139. The summed E-state index contributed by atoms with van der Waals surface area (Å²) in [7, 11) is 0. The Morgan fingerprint density at radius 1 is 1.06 bits per heavy atom. The topological polar surface area (TPSA) is 72.9 Å². The van der Waals surface area contributed by atoms with Gasteiger partial charge in [0.2, 0.25) is 0 Å². The summed E-state index contributed by atoms with van der Waals surface area (Å²) >= 11 is 0. The molecule has 1 unspecified atom stereocenters. The number of imidazole rings is 1. The van der Waals surface area contributed by atoms with Crippen LogP contribution in [0.1, 0.15) is 37.5 Å². The van der Waals surface area contributed by atoms with Gasteiger partial charge in [0.1, 0.15) is 24.1 Å². The molecule has 0 radical (unpaired) electrons. The highest BCUT2D eigenvalue weighted by molar-refractivity contribution is 5.76. The zero-order valence-corrected chi connectivity index (χ0v) is 17.2. The largest absolute Gasteiger partial charge is 0.364 e. The summed E-state index contributed by atoms with van der Waals surface area (Å²) in [6.07, 6.45) is 8.76. The van der Waals surface area contributed by atoms with Crippen LogP contribution in [0.5, 0.6) is 0 Å². The molecule has 1 fully saturated rings. The molecule has 1 atom stereocenters. The van der Waals surface area contributed by atoms with Gasteiger partial charge in [-0.2, -0.15) is 0 Å². The molecule has 0 N–H and O–H groups in total. The fourth-order valence-corrected chi connectivity index (χ4v) is 4.32. The molecule has 3 aromatic heterocycles. The summed E-state index contributed by atoms with van der Waals surface area (Å²) in [6, 6.07) is 10.8. The highest BCUT2D eigenvalue weighted by atomic mass is 19.1. The smallest absolute Gasteiger partial charge is 0.124 e. The van der Waals surface area contributed by atoms with Crippen LogP contribution in [0.15, 0.2) is 66.0 Å². The number of piperidine rings is 1. The molecule has 8 heteroatoms. The van der Waals surface area contributed by atoms with Gasteiger partial charge in [0.15, 0.2) is 0 Å². The van der Waals surface area contributed by atoms with Gasteiger partial charge in [0, 0.05) is 37.0 Å². The van der Waals surface area contributed by atoms with E-state index < -0.39 is 0 Å². The van der Waals surface area contributed by atoms with Gasteiger partial charge in [-0.15, -0.1) is 0 Å². The fraction of sp³-hybridized carbons (Fsp3) is 0.304. The van der Waals surface area contributed by atoms with Gasteiger partial charge in [-0.05, 0) is 50.1 Å². The van der Waals surface area contributed by atoms with E-state index in [-0.39, 0.29) is 11.9 Å². The first-order valence-corrected chi connectivity index (χ1v) is 10.4. The van der Waals surface area contributed by atoms with E-state index in [1.165, 1.54) is 12.1 Å². The number of rotatable bonds is 5. The van der Waals surface area contributed by atoms with E-state index in [0.29, 0.717) is 6.04 Å². The Morgan fingerprint density at radius 3 is 2.55 bits per heavy atom. The lowest BCUT2D eigenvalue weighted by atomic mass is 10.0. The standard InChI is InChI=1S/C23H23FN6O/c1-16(20-9-13-31-28-20)29-11-7-19(8-12-29)30-15-27-22(17-2-4-18(24)5-3-17)23(30)21-6-10-25-14-26-21/h2-6,9-10,13-16,19H,7-8,11-12H2,1H3. The van der Waals surface area contributed by atoms with E-state index in [4.69, 9.17) is 9.51 Å². The molecular formula is C23H23FN6O. The molecule has 1 aliphatic rings. The first-order chi connectivity index (χ1) is 15.2. The third kappa shape index (κ3) is 3.86. The van der Waals surface area contributed by atoms with E-state index in [9.17, 15) is 4.39 Å². The molecule has 1 aliphatic heterocycles. The molecular weight excluding hydrogens is 395 g/mol. The average Bonchev–Trinajstić information content (AvgIpc) is 3.50. The van der Waals surface area contributed by atoms with Crippen LogP contribution >= 0.6 is 0 Å². The van der Waals surface area contributed by atoms with Crippen LogP contribution in [0.25, 0.3) is 22.6 Å². The number of hydrogen-bond acceptors (Lipinski definition) is 6. The minimum absolute atomic E-state index is 0.221. The van der Waals surface area contributed by atoms with Gasteiger partial charge in [0.05, 0.1) is 29.5 Å². The fourth-order valence-electron chi connectivity index (χ4n) is 4.32. The van der Waals surface area contributed by atoms with E-state index in [0.717, 1.165) is 54.3 Å².